The van der Waals surface area contributed by atoms with Crippen LogP contribution in [0, 0.1) is 13.8 Å². The van der Waals surface area contributed by atoms with Gasteiger partial charge in [0.25, 0.3) is 10.0 Å². The van der Waals surface area contributed by atoms with Crippen molar-refractivity contribution in [3.63, 3.8) is 0 Å². The lowest BCUT2D eigenvalue weighted by Gasteiger charge is -2.35. The van der Waals surface area contributed by atoms with Crippen LogP contribution in [0.5, 0.6) is 0 Å². The molecule has 0 bridgehead atoms. The lowest BCUT2D eigenvalue weighted by Crippen LogP contribution is -2.55. The van der Waals surface area contributed by atoms with Crippen LogP contribution in [0.1, 0.15) is 54.4 Å². The summed E-state index contributed by atoms with van der Waals surface area (Å²) in [5, 5.41) is 3.62. The second-order valence-corrected chi connectivity index (χ2v) is 14.5. The van der Waals surface area contributed by atoms with Gasteiger partial charge in [-0.2, -0.15) is 0 Å². The molecule has 4 aromatic rings. The smallest absolute Gasteiger partial charge is 0.264 e. The number of rotatable bonds is 12. The van der Waals surface area contributed by atoms with Gasteiger partial charge in [0.2, 0.25) is 11.8 Å². The Morgan fingerprint density at radius 3 is 2.06 bits per heavy atom. The van der Waals surface area contributed by atoms with E-state index >= 15 is 0 Å². The van der Waals surface area contributed by atoms with Gasteiger partial charge >= 0.3 is 0 Å². The van der Waals surface area contributed by atoms with E-state index in [1.165, 1.54) is 4.90 Å². The lowest BCUT2D eigenvalue weighted by atomic mass is 9.94. The quantitative estimate of drug-likeness (QED) is 0.172. The van der Waals surface area contributed by atoms with Gasteiger partial charge in [-0.1, -0.05) is 115 Å². The van der Waals surface area contributed by atoms with Gasteiger partial charge in [0.1, 0.15) is 12.6 Å². The Morgan fingerprint density at radius 1 is 0.809 bits per heavy atom. The van der Waals surface area contributed by atoms with Crippen LogP contribution in [-0.4, -0.2) is 43.8 Å². The molecule has 0 unspecified atom stereocenters. The van der Waals surface area contributed by atoms with E-state index in [2.05, 4.69) is 5.32 Å². The van der Waals surface area contributed by atoms with Gasteiger partial charge in [0, 0.05) is 24.0 Å². The zero-order valence-electron chi connectivity index (χ0n) is 26.9. The van der Waals surface area contributed by atoms with Crippen LogP contribution in [0.15, 0.2) is 108 Å². The monoisotopic (exact) mass is 671 g/mol. The van der Waals surface area contributed by atoms with Crippen LogP contribution in [-0.2, 0) is 32.6 Å². The largest absolute Gasteiger partial charge is 0.352 e. The average molecular weight is 672 g/mol. The van der Waals surface area contributed by atoms with Crippen molar-refractivity contribution in [2.75, 3.05) is 10.8 Å². The maximum Gasteiger partial charge on any atom is 0.264 e. The first-order valence-corrected chi connectivity index (χ1v) is 18.0. The van der Waals surface area contributed by atoms with Crippen LogP contribution >= 0.6 is 11.6 Å². The van der Waals surface area contributed by atoms with Crippen molar-refractivity contribution < 1.29 is 18.0 Å². The maximum absolute atomic E-state index is 14.7. The van der Waals surface area contributed by atoms with Crippen molar-refractivity contribution in [1.29, 1.82) is 0 Å². The molecular weight excluding hydrogens is 630 g/mol. The third kappa shape index (κ3) is 8.62. The topological polar surface area (TPSA) is 86.8 Å². The molecule has 9 heteroatoms. The molecule has 1 aliphatic carbocycles. The summed E-state index contributed by atoms with van der Waals surface area (Å²) >= 11 is 6.49. The van der Waals surface area contributed by atoms with Crippen LogP contribution in [0.2, 0.25) is 5.02 Å². The van der Waals surface area contributed by atoms with Crippen molar-refractivity contribution in [1.82, 2.24) is 10.2 Å². The van der Waals surface area contributed by atoms with Crippen molar-refractivity contribution in [2.45, 2.75) is 75.9 Å². The standard InChI is InChI=1S/C38H42ClN3O4S/c1-28-21-23-33(24-22-28)47(45,46)42(35-20-12-19-34(39)29(35)2)27-37(43)41(26-31-15-8-4-9-16-31)36(25-30-13-6-3-7-14-30)38(44)40-32-17-10-5-11-18-32/h3-4,6-9,12-16,19-24,32,36H,5,10-11,17-18,25-27H2,1-2H3,(H,40,44)/t36-/m0/s1. The van der Waals surface area contributed by atoms with E-state index < -0.39 is 28.5 Å². The minimum absolute atomic E-state index is 0.0377. The first-order chi connectivity index (χ1) is 22.6. The Labute approximate surface area is 283 Å². The number of anilines is 1. The fourth-order valence-corrected chi connectivity index (χ4v) is 7.74. The van der Waals surface area contributed by atoms with Crippen molar-refractivity contribution in [3.8, 4) is 0 Å². The summed E-state index contributed by atoms with van der Waals surface area (Å²) < 4.78 is 29.8. The highest BCUT2D eigenvalue weighted by Crippen LogP contribution is 2.31. The van der Waals surface area contributed by atoms with Gasteiger partial charge in [0.15, 0.2) is 0 Å². The second kappa shape index (κ2) is 15.6. The highest BCUT2D eigenvalue weighted by molar-refractivity contribution is 7.92. The number of nitrogens with zero attached hydrogens (tertiary/aromatic N) is 2. The maximum atomic E-state index is 14.7. The van der Waals surface area contributed by atoms with E-state index in [4.69, 9.17) is 11.6 Å². The predicted molar refractivity (Wildman–Crippen MR) is 188 cm³/mol. The summed E-state index contributed by atoms with van der Waals surface area (Å²) in [4.78, 5) is 30.5. The molecule has 0 aromatic heterocycles. The number of benzene rings is 4. The molecule has 246 valence electrons. The van der Waals surface area contributed by atoms with Crippen molar-refractivity contribution >= 4 is 39.1 Å². The first-order valence-electron chi connectivity index (χ1n) is 16.2. The van der Waals surface area contributed by atoms with E-state index in [9.17, 15) is 18.0 Å². The molecule has 47 heavy (non-hydrogen) atoms. The Kier molecular flexibility index (Phi) is 11.4. The molecule has 5 rings (SSSR count). The molecule has 1 aliphatic rings. The number of halogens is 1. The molecule has 0 radical (unpaired) electrons. The summed E-state index contributed by atoms with van der Waals surface area (Å²) in [6, 6.07) is 29.8. The van der Waals surface area contributed by atoms with Gasteiger partial charge < -0.3 is 10.2 Å². The normalized spacial score (nSPS) is 14.3. The molecule has 1 atom stereocenters. The Hall–Kier alpha value is -4.14. The molecule has 1 saturated carbocycles. The number of sulfonamides is 1. The number of nitrogens with one attached hydrogen (secondary N) is 1. The van der Waals surface area contributed by atoms with Gasteiger partial charge in [-0.3, -0.25) is 13.9 Å². The van der Waals surface area contributed by atoms with E-state index in [0.717, 1.165) is 53.1 Å². The van der Waals surface area contributed by atoms with Crippen molar-refractivity contribution in [3.05, 3.63) is 130 Å². The fraction of sp³-hybridized carbons (Fsp3) is 0.316. The molecule has 0 saturated heterocycles. The average Bonchev–Trinajstić information content (AvgIpc) is 3.08. The number of hydrogen-bond acceptors (Lipinski definition) is 4. The number of carbonyl (C=O) groups is 2. The minimum atomic E-state index is -4.21. The molecule has 0 aliphatic heterocycles. The van der Waals surface area contributed by atoms with Gasteiger partial charge in [-0.15, -0.1) is 0 Å². The Morgan fingerprint density at radius 2 is 1.43 bits per heavy atom. The van der Waals surface area contributed by atoms with Gasteiger partial charge in [0.05, 0.1) is 10.6 Å². The Balaban J connectivity index is 1.57. The predicted octanol–water partition coefficient (Wildman–Crippen LogP) is 7.24. The number of hydrogen-bond donors (Lipinski definition) is 1. The fourth-order valence-electron chi connectivity index (χ4n) is 6.10. The van der Waals surface area contributed by atoms with Crippen LogP contribution in [0.25, 0.3) is 0 Å². The molecule has 1 fully saturated rings. The third-order valence-corrected chi connectivity index (χ3v) is 11.0. The Bertz CT molecular complexity index is 1760. The lowest BCUT2D eigenvalue weighted by molar-refractivity contribution is -0.140. The SMILES string of the molecule is Cc1ccc(S(=O)(=O)N(CC(=O)N(Cc2ccccc2)[C@@H](Cc2ccccc2)C(=O)NC2CCCCC2)c2cccc(Cl)c2C)cc1. The molecule has 0 heterocycles. The second-order valence-electron chi connectivity index (χ2n) is 12.3. The number of amides is 2. The van der Waals surface area contributed by atoms with Crippen LogP contribution in [0.3, 0.4) is 0 Å². The molecule has 2 amide bonds. The van der Waals surface area contributed by atoms with Gasteiger partial charge in [-0.05, 0) is 67.6 Å². The summed E-state index contributed by atoms with van der Waals surface area (Å²) in [7, 11) is -4.21. The molecule has 4 aromatic carbocycles. The third-order valence-electron chi connectivity index (χ3n) is 8.81. The minimum Gasteiger partial charge on any atom is -0.352 e. The van der Waals surface area contributed by atoms with Crippen LogP contribution < -0.4 is 9.62 Å². The van der Waals surface area contributed by atoms with Crippen molar-refractivity contribution in [2.24, 2.45) is 0 Å². The molecule has 0 spiro atoms. The molecule has 1 N–H and O–H groups in total. The molecule has 7 nitrogen and oxygen atoms in total. The summed E-state index contributed by atoms with van der Waals surface area (Å²) in [6.07, 6.45) is 5.31. The van der Waals surface area contributed by atoms with E-state index in [1.807, 2.05) is 67.6 Å². The summed E-state index contributed by atoms with van der Waals surface area (Å²) in [5.41, 5.74) is 3.47. The van der Waals surface area contributed by atoms with Gasteiger partial charge in [-0.25, -0.2) is 8.42 Å². The number of aryl methyl sites for hydroxylation is 1. The van der Waals surface area contributed by atoms with E-state index in [-0.39, 0.29) is 29.8 Å². The zero-order chi connectivity index (χ0) is 33.4. The highest BCUT2D eigenvalue weighted by atomic mass is 35.5. The highest BCUT2D eigenvalue weighted by Gasteiger charge is 2.36. The zero-order valence-corrected chi connectivity index (χ0v) is 28.5. The van der Waals surface area contributed by atoms with E-state index in [1.54, 1.807) is 49.4 Å². The molecular formula is C38H42ClN3O4S. The number of carbonyl (C=O) groups excluding carboxylic acids is 2. The van der Waals surface area contributed by atoms with E-state index in [0.29, 0.717) is 16.3 Å². The summed E-state index contributed by atoms with van der Waals surface area (Å²) in [5.74, 6) is -0.736. The summed E-state index contributed by atoms with van der Waals surface area (Å²) in [6.45, 7) is 3.22. The first kappa shape index (κ1) is 34.2. The van der Waals surface area contributed by atoms with Crippen LogP contribution in [0.4, 0.5) is 5.69 Å².